The van der Waals surface area contributed by atoms with Crippen LogP contribution in [0, 0.1) is 0 Å². The van der Waals surface area contributed by atoms with Crippen molar-refractivity contribution in [2.75, 3.05) is 14.2 Å². The predicted octanol–water partition coefficient (Wildman–Crippen LogP) is 2.99. The van der Waals surface area contributed by atoms with Gasteiger partial charge in [0.2, 0.25) is 0 Å². The third-order valence-corrected chi connectivity index (χ3v) is 3.65. The summed E-state index contributed by atoms with van der Waals surface area (Å²) in [4.78, 5) is 24.3. The molecule has 0 atom stereocenters. The highest BCUT2D eigenvalue weighted by atomic mass is 32.1. The number of carbonyl (C=O) groups is 2. The highest BCUT2D eigenvalue weighted by molar-refractivity contribution is 7.14. The van der Waals surface area contributed by atoms with Gasteiger partial charge in [0.25, 0.3) is 0 Å². The SMILES string of the molecule is COC(=O)c1csc(-c2ccccc2)c1C(=O)OC. The lowest BCUT2D eigenvalue weighted by atomic mass is 10.1. The summed E-state index contributed by atoms with van der Waals surface area (Å²) in [5.41, 5.74) is 1.35. The standard InChI is InChI=1S/C14H12O4S/c1-17-13(15)10-8-19-12(11(10)14(16)18-2)9-6-4-3-5-7-9/h3-8H,1-2H3. The molecule has 0 N–H and O–H groups in total. The number of rotatable bonds is 3. The maximum atomic E-state index is 11.9. The van der Waals surface area contributed by atoms with E-state index in [0.29, 0.717) is 4.88 Å². The third kappa shape index (κ3) is 2.51. The average molecular weight is 276 g/mol. The number of hydrogen-bond donors (Lipinski definition) is 0. The fourth-order valence-electron chi connectivity index (χ4n) is 1.72. The highest BCUT2D eigenvalue weighted by Gasteiger charge is 2.25. The van der Waals surface area contributed by atoms with Crippen LogP contribution in [0.1, 0.15) is 20.7 Å². The van der Waals surface area contributed by atoms with Crippen LogP contribution in [-0.4, -0.2) is 26.2 Å². The molecule has 0 fully saturated rings. The van der Waals surface area contributed by atoms with Gasteiger partial charge in [-0.1, -0.05) is 30.3 Å². The Bertz CT molecular complexity index is 601. The molecular weight excluding hydrogens is 264 g/mol. The summed E-state index contributed by atoms with van der Waals surface area (Å²) in [7, 11) is 2.57. The van der Waals surface area contributed by atoms with Crippen molar-refractivity contribution in [3.63, 3.8) is 0 Å². The van der Waals surface area contributed by atoms with Crippen LogP contribution in [0.3, 0.4) is 0 Å². The van der Waals surface area contributed by atoms with E-state index in [0.717, 1.165) is 5.56 Å². The van der Waals surface area contributed by atoms with Crippen LogP contribution < -0.4 is 0 Å². The normalized spacial score (nSPS) is 10.0. The van der Waals surface area contributed by atoms with Crippen LogP contribution in [0.5, 0.6) is 0 Å². The topological polar surface area (TPSA) is 52.6 Å². The molecule has 98 valence electrons. The number of esters is 2. The molecule has 0 saturated heterocycles. The third-order valence-electron chi connectivity index (χ3n) is 2.62. The quantitative estimate of drug-likeness (QED) is 0.809. The van der Waals surface area contributed by atoms with E-state index in [1.165, 1.54) is 25.6 Å². The maximum absolute atomic E-state index is 11.9. The number of benzene rings is 1. The molecule has 5 heteroatoms. The summed E-state index contributed by atoms with van der Waals surface area (Å²) < 4.78 is 9.43. The minimum atomic E-state index is -0.543. The van der Waals surface area contributed by atoms with E-state index in [1.807, 2.05) is 30.3 Å². The van der Waals surface area contributed by atoms with Gasteiger partial charge < -0.3 is 9.47 Å². The molecule has 1 aromatic carbocycles. The van der Waals surface area contributed by atoms with Gasteiger partial charge in [0, 0.05) is 10.3 Å². The molecule has 0 spiro atoms. The summed E-state index contributed by atoms with van der Waals surface area (Å²) in [6.45, 7) is 0. The van der Waals surface area contributed by atoms with E-state index in [4.69, 9.17) is 4.74 Å². The lowest BCUT2D eigenvalue weighted by Gasteiger charge is -2.04. The van der Waals surface area contributed by atoms with E-state index in [-0.39, 0.29) is 11.1 Å². The van der Waals surface area contributed by atoms with Gasteiger partial charge >= 0.3 is 11.9 Å². The molecule has 0 amide bonds. The first-order valence-electron chi connectivity index (χ1n) is 5.52. The Hall–Kier alpha value is -2.14. The Morgan fingerprint density at radius 1 is 1.00 bits per heavy atom. The maximum Gasteiger partial charge on any atom is 0.340 e. The molecule has 0 saturated carbocycles. The fraction of sp³-hybridized carbons (Fsp3) is 0.143. The Balaban J connectivity index is 2.60. The lowest BCUT2D eigenvalue weighted by Crippen LogP contribution is -2.10. The van der Waals surface area contributed by atoms with Crippen molar-refractivity contribution in [2.24, 2.45) is 0 Å². The molecule has 19 heavy (non-hydrogen) atoms. The van der Waals surface area contributed by atoms with Gasteiger partial charge in [0.1, 0.15) is 0 Å². The van der Waals surface area contributed by atoms with Gasteiger partial charge in [-0.25, -0.2) is 9.59 Å². The second kappa shape index (κ2) is 5.67. The van der Waals surface area contributed by atoms with Crippen LogP contribution >= 0.6 is 11.3 Å². The molecule has 0 aliphatic carbocycles. The first-order valence-corrected chi connectivity index (χ1v) is 6.40. The average Bonchev–Trinajstić information content (AvgIpc) is 2.91. The molecule has 2 aromatic rings. The van der Waals surface area contributed by atoms with Gasteiger partial charge in [0.05, 0.1) is 25.3 Å². The Kier molecular flexibility index (Phi) is 3.97. The van der Waals surface area contributed by atoms with Crippen molar-refractivity contribution in [1.82, 2.24) is 0 Å². The van der Waals surface area contributed by atoms with Crippen LogP contribution in [0.2, 0.25) is 0 Å². The molecule has 0 radical (unpaired) electrons. The van der Waals surface area contributed by atoms with Gasteiger partial charge in [-0.3, -0.25) is 0 Å². The molecule has 1 aromatic heterocycles. The van der Waals surface area contributed by atoms with Crippen LogP contribution in [0.4, 0.5) is 0 Å². The minimum Gasteiger partial charge on any atom is -0.465 e. The van der Waals surface area contributed by atoms with Crippen molar-refractivity contribution in [2.45, 2.75) is 0 Å². The van der Waals surface area contributed by atoms with E-state index in [2.05, 4.69) is 4.74 Å². The van der Waals surface area contributed by atoms with Gasteiger partial charge in [-0.05, 0) is 5.56 Å². The second-order valence-corrected chi connectivity index (χ2v) is 4.58. The van der Waals surface area contributed by atoms with Gasteiger partial charge in [0.15, 0.2) is 0 Å². The zero-order valence-corrected chi connectivity index (χ0v) is 11.3. The summed E-state index contributed by atoms with van der Waals surface area (Å²) in [6, 6.07) is 9.37. The molecule has 1 heterocycles. The predicted molar refractivity (Wildman–Crippen MR) is 72.4 cm³/mol. The summed E-state index contributed by atoms with van der Waals surface area (Å²) >= 11 is 1.31. The van der Waals surface area contributed by atoms with E-state index < -0.39 is 11.9 Å². The fourth-order valence-corrected chi connectivity index (χ4v) is 2.76. The first-order chi connectivity index (χ1) is 9.19. The summed E-state index contributed by atoms with van der Waals surface area (Å²) in [6.07, 6.45) is 0. The van der Waals surface area contributed by atoms with Crippen molar-refractivity contribution >= 4 is 23.3 Å². The molecule has 4 nitrogen and oxygen atoms in total. The van der Waals surface area contributed by atoms with Gasteiger partial charge in [-0.15, -0.1) is 11.3 Å². The molecule has 0 unspecified atom stereocenters. The highest BCUT2D eigenvalue weighted by Crippen LogP contribution is 2.33. The van der Waals surface area contributed by atoms with Crippen LogP contribution in [-0.2, 0) is 9.47 Å². The van der Waals surface area contributed by atoms with E-state index >= 15 is 0 Å². The van der Waals surface area contributed by atoms with Crippen LogP contribution in [0.15, 0.2) is 35.7 Å². The number of thiophene rings is 1. The van der Waals surface area contributed by atoms with Crippen molar-refractivity contribution in [3.05, 3.63) is 46.8 Å². The Morgan fingerprint density at radius 3 is 2.21 bits per heavy atom. The van der Waals surface area contributed by atoms with Gasteiger partial charge in [-0.2, -0.15) is 0 Å². The summed E-state index contributed by atoms with van der Waals surface area (Å²) in [5, 5.41) is 1.61. The van der Waals surface area contributed by atoms with E-state index in [1.54, 1.807) is 5.38 Å². The van der Waals surface area contributed by atoms with Crippen LogP contribution in [0.25, 0.3) is 10.4 Å². The Labute approximate surface area is 114 Å². The monoisotopic (exact) mass is 276 g/mol. The number of carbonyl (C=O) groups excluding carboxylic acids is 2. The lowest BCUT2D eigenvalue weighted by molar-refractivity contribution is 0.0557. The zero-order valence-electron chi connectivity index (χ0n) is 10.5. The molecular formula is C14H12O4S. The number of ether oxygens (including phenoxy) is 2. The molecule has 0 bridgehead atoms. The van der Waals surface area contributed by atoms with Crippen molar-refractivity contribution in [1.29, 1.82) is 0 Å². The largest absolute Gasteiger partial charge is 0.465 e. The number of methoxy groups -OCH3 is 2. The smallest absolute Gasteiger partial charge is 0.340 e. The summed E-state index contributed by atoms with van der Waals surface area (Å²) in [5.74, 6) is -1.08. The first kappa shape index (κ1) is 13.3. The molecule has 0 aliphatic rings. The van der Waals surface area contributed by atoms with Crippen molar-refractivity contribution < 1.29 is 19.1 Å². The Morgan fingerprint density at radius 2 is 1.63 bits per heavy atom. The number of hydrogen-bond acceptors (Lipinski definition) is 5. The van der Waals surface area contributed by atoms with Crippen molar-refractivity contribution in [3.8, 4) is 10.4 Å². The second-order valence-electron chi connectivity index (χ2n) is 3.70. The minimum absolute atomic E-state index is 0.234. The molecule has 2 rings (SSSR count). The molecule has 0 aliphatic heterocycles. The zero-order chi connectivity index (χ0) is 13.8. The van der Waals surface area contributed by atoms with E-state index in [9.17, 15) is 9.59 Å².